The molecule has 11 nitrogen and oxygen atoms in total. The van der Waals surface area contributed by atoms with Crippen molar-refractivity contribution < 1.29 is 28.7 Å². The minimum absolute atomic E-state index is 0.134. The van der Waals surface area contributed by atoms with E-state index >= 15 is 0 Å². The third-order valence-corrected chi connectivity index (χ3v) is 5.50. The largest absolute Gasteiger partial charge is 0.390 e. The van der Waals surface area contributed by atoms with Gasteiger partial charge >= 0.3 is 11.9 Å². The molecule has 0 aliphatic heterocycles. The third kappa shape index (κ3) is 10.3. The molecule has 0 aromatic rings. The van der Waals surface area contributed by atoms with Gasteiger partial charge in [-0.05, 0) is 51.0 Å². The van der Waals surface area contributed by atoms with Gasteiger partial charge in [-0.15, -0.1) is 0 Å². The van der Waals surface area contributed by atoms with Gasteiger partial charge in [-0.2, -0.15) is 0 Å². The van der Waals surface area contributed by atoms with Crippen molar-refractivity contribution in [3.05, 3.63) is 0 Å². The molecular weight excluding hydrogens is 430 g/mol. The SMILES string of the molecule is CC(=O)N[C@@H](CC(C)C)C(=O)N[C@@H](CCCCN)C(=O)NCC(=O)OC(=O)C1(N)CCCC1. The number of ether oxygens (including phenoxy) is 1. The molecule has 2 atom stereocenters. The number of nitrogens with one attached hydrogen (secondary N) is 3. The molecule has 0 heterocycles. The molecule has 0 spiro atoms. The van der Waals surface area contributed by atoms with Crippen LogP contribution in [0.4, 0.5) is 0 Å². The molecular formula is C22H39N5O6. The average Bonchev–Trinajstić information content (AvgIpc) is 3.18. The van der Waals surface area contributed by atoms with E-state index in [2.05, 4.69) is 16.0 Å². The first kappa shape index (κ1) is 28.5. The zero-order valence-corrected chi connectivity index (χ0v) is 19.9. The molecule has 11 heteroatoms. The fourth-order valence-electron chi connectivity index (χ4n) is 3.72. The van der Waals surface area contributed by atoms with Crippen molar-refractivity contribution in [2.75, 3.05) is 13.1 Å². The molecule has 1 saturated carbocycles. The lowest BCUT2D eigenvalue weighted by atomic mass is 10.00. The van der Waals surface area contributed by atoms with Crippen LogP contribution in [0.5, 0.6) is 0 Å². The van der Waals surface area contributed by atoms with Crippen molar-refractivity contribution in [3.63, 3.8) is 0 Å². The topological polar surface area (TPSA) is 183 Å². The summed E-state index contributed by atoms with van der Waals surface area (Å²) in [6.45, 7) is 5.04. The summed E-state index contributed by atoms with van der Waals surface area (Å²) in [5.41, 5.74) is 10.3. The van der Waals surface area contributed by atoms with Crippen LogP contribution in [-0.4, -0.2) is 60.4 Å². The summed E-state index contributed by atoms with van der Waals surface area (Å²) in [4.78, 5) is 61.1. The monoisotopic (exact) mass is 469 g/mol. The first-order valence-electron chi connectivity index (χ1n) is 11.6. The number of carbonyl (C=O) groups excluding carboxylic acids is 5. The fraction of sp³-hybridized carbons (Fsp3) is 0.773. The van der Waals surface area contributed by atoms with Crippen LogP contribution in [0.25, 0.3) is 0 Å². The number of carbonyl (C=O) groups is 5. The summed E-state index contributed by atoms with van der Waals surface area (Å²) in [7, 11) is 0. The van der Waals surface area contributed by atoms with Gasteiger partial charge in [-0.3, -0.25) is 14.4 Å². The van der Waals surface area contributed by atoms with Gasteiger partial charge in [-0.25, -0.2) is 9.59 Å². The number of nitrogens with two attached hydrogens (primary N) is 2. The van der Waals surface area contributed by atoms with Crippen molar-refractivity contribution in [2.45, 2.75) is 89.8 Å². The Balaban J connectivity index is 2.70. The van der Waals surface area contributed by atoms with E-state index in [1.807, 2.05) is 13.8 Å². The molecule has 1 fully saturated rings. The second-order valence-electron chi connectivity index (χ2n) is 9.07. The van der Waals surface area contributed by atoms with E-state index in [9.17, 15) is 24.0 Å². The van der Waals surface area contributed by atoms with E-state index in [-0.39, 0.29) is 11.8 Å². The summed E-state index contributed by atoms with van der Waals surface area (Å²) in [5, 5.41) is 7.66. The van der Waals surface area contributed by atoms with E-state index < -0.39 is 47.9 Å². The summed E-state index contributed by atoms with van der Waals surface area (Å²) in [6, 6.07) is -1.73. The molecule has 0 aromatic heterocycles. The molecule has 1 aliphatic carbocycles. The van der Waals surface area contributed by atoms with Gasteiger partial charge in [0.25, 0.3) is 0 Å². The number of unbranched alkanes of at least 4 members (excludes halogenated alkanes) is 1. The van der Waals surface area contributed by atoms with Crippen LogP contribution in [0.15, 0.2) is 0 Å². The van der Waals surface area contributed by atoms with Gasteiger partial charge in [0.15, 0.2) is 0 Å². The zero-order valence-electron chi connectivity index (χ0n) is 19.9. The molecule has 0 saturated heterocycles. The quantitative estimate of drug-likeness (QED) is 0.137. The van der Waals surface area contributed by atoms with Gasteiger partial charge in [0.05, 0.1) is 0 Å². The summed E-state index contributed by atoms with van der Waals surface area (Å²) < 4.78 is 4.80. The highest BCUT2D eigenvalue weighted by Gasteiger charge is 2.39. The van der Waals surface area contributed by atoms with Crippen LogP contribution in [0, 0.1) is 5.92 Å². The second-order valence-corrected chi connectivity index (χ2v) is 9.07. The molecule has 0 aromatic carbocycles. The summed E-state index contributed by atoms with van der Waals surface area (Å²) in [6.07, 6.45) is 4.40. The average molecular weight is 470 g/mol. The lowest BCUT2D eigenvalue weighted by molar-refractivity contribution is -0.163. The van der Waals surface area contributed by atoms with Gasteiger partial charge in [0, 0.05) is 6.92 Å². The summed E-state index contributed by atoms with van der Waals surface area (Å²) in [5.74, 6) is -3.02. The molecule has 7 N–H and O–H groups in total. The molecule has 1 aliphatic rings. The predicted molar refractivity (Wildman–Crippen MR) is 121 cm³/mol. The van der Waals surface area contributed by atoms with E-state index in [1.54, 1.807) is 0 Å². The number of amides is 3. The Bertz CT molecular complexity index is 705. The molecule has 188 valence electrons. The standard InChI is InChI=1S/C22H39N5O6/c1-14(2)12-17(26-15(3)28)20(31)27-16(8-4-7-11-23)19(30)25-13-18(29)33-21(32)22(24)9-5-6-10-22/h14,16-17H,4-13,23-24H2,1-3H3,(H,25,30)(H,26,28)(H,27,31)/t16-,17-/m0/s1. The Kier molecular flexibility index (Phi) is 12.0. The maximum Gasteiger partial charge on any atom is 0.333 e. The molecule has 3 amide bonds. The third-order valence-electron chi connectivity index (χ3n) is 5.50. The van der Waals surface area contributed by atoms with Crippen molar-refractivity contribution >= 4 is 29.7 Å². The van der Waals surface area contributed by atoms with Crippen LogP contribution >= 0.6 is 0 Å². The molecule has 33 heavy (non-hydrogen) atoms. The van der Waals surface area contributed by atoms with E-state index in [0.717, 1.165) is 12.8 Å². The van der Waals surface area contributed by atoms with Crippen molar-refractivity contribution in [1.29, 1.82) is 0 Å². The van der Waals surface area contributed by atoms with Crippen LogP contribution in [-0.2, 0) is 28.7 Å². The van der Waals surface area contributed by atoms with Crippen molar-refractivity contribution in [3.8, 4) is 0 Å². The zero-order chi connectivity index (χ0) is 25.0. The lowest BCUT2D eigenvalue weighted by Gasteiger charge is -2.24. The van der Waals surface area contributed by atoms with Gasteiger partial charge in [-0.1, -0.05) is 26.7 Å². The molecule has 1 rings (SSSR count). The van der Waals surface area contributed by atoms with Crippen molar-refractivity contribution in [2.24, 2.45) is 17.4 Å². The molecule has 0 radical (unpaired) electrons. The minimum atomic E-state index is -1.16. The lowest BCUT2D eigenvalue weighted by Crippen LogP contribution is -2.54. The molecule has 0 unspecified atom stereocenters. The molecule has 0 bridgehead atoms. The van der Waals surface area contributed by atoms with Crippen LogP contribution in [0.1, 0.15) is 72.1 Å². The first-order chi connectivity index (χ1) is 15.5. The number of esters is 2. The van der Waals surface area contributed by atoms with E-state index in [0.29, 0.717) is 45.1 Å². The van der Waals surface area contributed by atoms with E-state index in [1.165, 1.54) is 6.92 Å². The van der Waals surface area contributed by atoms with Crippen LogP contribution in [0.3, 0.4) is 0 Å². The number of hydrogen-bond donors (Lipinski definition) is 5. The van der Waals surface area contributed by atoms with Gasteiger partial charge in [0.2, 0.25) is 17.7 Å². The van der Waals surface area contributed by atoms with E-state index in [4.69, 9.17) is 16.2 Å². The highest BCUT2D eigenvalue weighted by atomic mass is 16.6. The first-order valence-corrected chi connectivity index (χ1v) is 11.6. The maximum atomic E-state index is 12.7. The highest BCUT2D eigenvalue weighted by molar-refractivity contribution is 5.95. The Morgan fingerprint density at radius 1 is 0.970 bits per heavy atom. The van der Waals surface area contributed by atoms with Gasteiger partial charge in [0.1, 0.15) is 24.2 Å². The Morgan fingerprint density at radius 3 is 2.15 bits per heavy atom. The number of hydrogen-bond acceptors (Lipinski definition) is 8. The predicted octanol–water partition coefficient (Wildman–Crippen LogP) is -0.391. The highest BCUT2D eigenvalue weighted by Crippen LogP contribution is 2.28. The smallest absolute Gasteiger partial charge is 0.333 e. The fourth-order valence-corrected chi connectivity index (χ4v) is 3.72. The Labute approximate surface area is 195 Å². The van der Waals surface area contributed by atoms with Crippen LogP contribution < -0.4 is 27.4 Å². The maximum absolute atomic E-state index is 12.7. The number of rotatable bonds is 13. The van der Waals surface area contributed by atoms with Crippen molar-refractivity contribution in [1.82, 2.24) is 16.0 Å². The minimum Gasteiger partial charge on any atom is -0.390 e. The Hall–Kier alpha value is -2.53. The van der Waals surface area contributed by atoms with Crippen LogP contribution in [0.2, 0.25) is 0 Å². The Morgan fingerprint density at radius 2 is 1.61 bits per heavy atom. The second kappa shape index (κ2) is 13.9. The normalized spacial score (nSPS) is 16.5. The summed E-state index contributed by atoms with van der Waals surface area (Å²) >= 11 is 0. The van der Waals surface area contributed by atoms with Gasteiger partial charge < -0.3 is 32.2 Å².